The van der Waals surface area contributed by atoms with Gasteiger partial charge in [0.15, 0.2) is 5.96 Å². The molecule has 5 nitrogen and oxygen atoms in total. The van der Waals surface area contributed by atoms with E-state index in [2.05, 4.69) is 53.6 Å². The van der Waals surface area contributed by atoms with Crippen molar-refractivity contribution in [3.63, 3.8) is 0 Å². The number of amides is 1. The zero-order valence-corrected chi connectivity index (χ0v) is 16.8. The molecule has 0 bridgehead atoms. The Balaban J connectivity index is 1.52. The molecule has 0 spiro atoms. The van der Waals surface area contributed by atoms with Gasteiger partial charge in [0.1, 0.15) is 0 Å². The summed E-state index contributed by atoms with van der Waals surface area (Å²) in [4.78, 5) is 19.5. The number of hydrogen-bond donors (Lipinski definition) is 2. The van der Waals surface area contributed by atoms with Gasteiger partial charge < -0.3 is 15.5 Å². The molecule has 2 fully saturated rings. The van der Waals surface area contributed by atoms with E-state index in [1.807, 2.05) is 6.07 Å². The van der Waals surface area contributed by atoms with Gasteiger partial charge >= 0.3 is 0 Å². The highest BCUT2D eigenvalue weighted by Crippen LogP contribution is 2.27. The van der Waals surface area contributed by atoms with Gasteiger partial charge in [0.2, 0.25) is 5.91 Å². The quantitative estimate of drug-likeness (QED) is 0.597. The number of guanidine groups is 1. The molecule has 5 heteroatoms. The number of carbonyl (C=O) groups is 1. The van der Waals surface area contributed by atoms with Crippen LogP contribution in [0.5, 0.6) is 0 Å². The predicted molar refractivity (Wildman–Crippen MR) is 111 cm³/mol. The van der Waals surface area contributed by atoms with Crippen molar-refractivity contribution in [2.75, 3.05) is 26.2 Å². The largest absolute Gasteiger partial charge is 0.357 e. The van der Waals surface area contributed by atoms with Gasteiger partial charge in [0.25, 0.3) is 0 Å². The van der Waals surface area contributed by atoms with Crippen LogP contribution in [0.1, 0.15) is 57.4 Å². The molecule has 1 saturated heterocycles. The molecule has 1 aromatic carbocycles. The van der Waals surface area contributed by atoms with Crippen LogP contribution < -0.4 is 10.6 Å². The Kier molecular flexibility index (Phi) is 7.13. The zero-order valence-electron chi connectivity index (χ0n) is 16.8. The molecule has 0 aromatic heterocycles. The van der Waals surface area contributed by atoms with E-state index in [1.165, 1.54) is 18.4 Å². The van der Waals surface area contributed by atoms with Crippen molar-refractivity contribution < 1.29 is 4.79 Å². The molecule has 27 heavy (non-hydrogen) atoms. The smallest absolute Gasteiger partial charge is 0.225 e. The van der Waals surface area contributed by atoms with Crippen LogP contribution in [0.15, 0.2) is 35.3 Å². The van der Waals surface area contributed by atoms with Gasteiger partial charge in [0.05, 0.1) is 0 Å². The van der Waals surface area contributed by atoms with Crippen molar-refractivity contribution in [1.82, 2.24) is 15.5 Å². The summed E-state index contributed by atoms with van der Waals surface area (Å²) in [6.45, 7) is 7.54. The number of nitrogens with zero attached hydrogens (tertiary/aromatic N) is 2. The van der Waals surface area contributed by atoms with Crippen molar-refractivity contribution in [3.8, 4) is 0 Å². The maximum Gasteiger partial charge on any atom is 0.225 e. The highest BCUT2D eigenvalue weighted by atomic mass is 16.2. The van der Waals surface area contributed by atoms with Crippen LogP contribution in [0.25, 0.3) is 0 Å². The van der Waals surface area contributed by atoms with Crippen molar-refractivity contribution >= 4 is 11.9 Å². The lowest BCUT2D eigenvalue weighted by atomic mass is 10.0. The van der Waals surface area contributed by atoms with Crippen molar-refractivity contribution in [2.24, 2.45) is 10.9 Å². The van der Waals surface area contributed by atoms with Gasteiger partial charge in [-0.3, -0.25) is 9.79 Å². The van der Waals surface area contributed by atoms with E-state index in [0.29, 0.717) is 17.9 Å². The van der Waals surface area contributed by atoms with Gasteiger partial charge in [-0.1, -0.05) is 50.1 Å². The second kappa shape index (κ2) is 9.77. The first-order chi connectivity index (χ1) is 13.2. The Morgan fingerprint density at radius 3 is 2.67 bits per heavy atom. The number of aliphatic imine (C=N–C) groups is 1. The third kappa shape index (κ3) is 5.47. The topological polar surface area (TPSA) is 56.7 Å². The van der Waals surface area contributed by atoms with E-state index >= 15 is 0 Å². The number of likely N-dealkylation sites (tertiary alicyclic amines) is 1. The summed E-state index contributed by atoms with van der Waals surface area (Å²) in [7, 11) is 0. The molecular weight excluding hydrogens is 336 g/mol. The van der Waals surface area contributed by atoms with Gasteiger partial charge in [-0.05, 0) is 31.7 Å². The second-order valence-corrected chi connectivity index (χ2v) is 7.93. The Hall–Kier alpha value is -2.04. The molecule has 1 amide bonds. The standard InChI is InChI=1S/C22H34N4O/c1-3-23-22(24-15-17(2)18-9-5-4-6-10-18)25-20-13-14-26(16-20)21(27)19-11-7-8-12-19/h4-6,9-10,17,19-20H,3,7-8,11-16H2,1-2H3,(H2,23,24,25). The molecular formula is C22H34N4O. The third-order valence-electron chi connectivity index (χ3n) is 5.78. The second-order valence-electron chi connectivity index (χ2n) is 7.93. The first-order valence-corrected chi connectivity index (χ1v) is 10.6. The fourth-order valence-electron chi connectivity index (χ4n) is 4.14. The number of benzene rings is 1. The summed E-state index contributed by atoms with van der Waals surface area (Å²) in [5, 5.41) is 6.90. The summed E-state index contributed by atoms with van der Waals surface area (Å²) >= 11 is 0. The molecule has 0 radical (unpaired) electrons. The fraction of sp³-hybridized carbons (Fsp3) is 0.636. The molecule has 1 saturated carbocycles. The van der Waals surface area contributed by atoms with E-state index < -0.39 is 0 Å². The number of carbonyl (C=O) groups excluding carboxylic acids is 1. The average molecular weight is 371 g/mol. The van der Waals surface area contributed by atoms with Crippen LogP contribution >= 0.6 is 0 Å². The Morgan fingerprint density at radius 1 is 1.22 bits per heavy atom. The molecule has 1 heterocycles. The third-order valence-corrected chi connectivity index (χ3v) is 5.78. The molecule has 1 aromatic rings. The minimum atomic E-state index is 0.275. The summed E-state index contributed by atoms with van der Waals surface area (Å²) in [6, 6.07) is 10.8. The maximum atomic E-state index is 12.6. The highest BCUT2D eigenvalue weighted by Gasteiger charge is 2.32. The summed E-state index contributed by atoms with van der Waals surface area (Å²) in [5.41, 5.74) is 1.31. The Morgan fingerprint density at radius 2 is 1.96 bits per heavy atom. The molecule has 1 aliphatic heterocycles. The van der Waals surface area contributed by atoms with Crippen LogP contribution in [0.4, 0.5) is 0 Å². The molecule has 2 N–H and O–H groups in total. The summed E-state index contributed by atoms with van der Waals surface area (Å²) < 4.78 is 0. The van der Waals surface area contributed by atoms with Crippen molar-refractivity contribution in [1.29, 1.82) is 0 Å². The molecule has 1 aliphatic carbocycles. The average Bonchev–Trinajstić information content (AvgIpc) is 3.38. The van der Waals surface area contributed by atoms with Crippen LogP contribution in [0.3, 0.4) is 0 Å². The van der Waals surface area contributed by atoms with E-state index in [-0.39, 0.29) is 5.92 Å². The SMILES string of the molecule is CCNC(=NCC(C)c1ccccc1)NC1CCN(C(=O)C2CCCC2)C1. The van der Waals surface area contributed by atoms with Gasteiger partial charge in [-0.2, -0.15) is 0 Å². The van der Waals surface area contributed by atoms with Crippen LogP contribution in [0, 0.1) is 5.92 Å². The Bertz CT molecular complexity index is 624. The minimum absolute atomic E-state index is 0.275. The number of nitrogens with one attached hydrogen (secondary N) is 2. The van der Waals surface area contributed by atoms with Gasteiger partial charge in [0, 0.05) is 44.1 Å². The monoisotopic (exact) mass is 370 g/mol. The van der Waals surface area contributed by atoms with Crippen molar-refractivity contribution in [2.45, 2.75) is 57.9 Å². The zero-order chi connectivity index (χ0) is 19.1. The molecule has 148 valence electrons. The van der Waals surface area contributed by atoms with E-state index in [1.54, 1.807) is 0 Å². The van der Waals surface area contributed by atoms with Crippen LogP contribution in [-0.4, -0.2) is 49.0 Å². The van der Waals surface area contributed by atoms with E-state index in [4.69, 9.17) is 4.99 Å². The summed E-state index contributed by atoms with van der Waals surface area (Å²) in [5.74, 6) is 1.89. The number of rotatable bonds is 6. The summed E-state index contributed by atoms with van der Waals surface area (Å²) in [6.07, 6.45) is 5.58. The minimum Gasteiger partial charge on any atom is -0.357 e. The first-order valence-electron chi connectivity index (χ1n) is 10.6. The molecule has 2 aliphatic rings. The van der Waals surface area contributed by atoms with Crippen LogP contribution in [0.2, 0.25) is 0 Å². The lowest BCUT2D eigenvalue weighted by Gasteiger charge is -2.21. The van der Waals surface area contributed by atoms with Gasteiger partial charge in [-0.15, -0.1) is 0 Å². The fourth-order valence-corrected chi connectivity index (χ4v) is 4.14. The molecule has 2 atom stereocenters. The maximum absolute atomic E-state index is 12.6. The molecule has 2 unspecified atom stereocenters. The Labute approximate surface area is 163 Å². The first kappa shape index (κ1) is 19.7. The van der Waals surface area contributed by atoms with Gasteiger partial charge in [-0.25, -0.2) is 0 Å². The lowest BCUT2D eigenvalue weighted by molar-refractivity contribution is -0.134. The van der Waals surface area contributed by atoms with Crippen molar-refractivity contribution in [3.05, 3.63) is 35.9 Å². The van der Waals surface area contributed by atoms with E-state index in [0.717, 1.165) is 51.4 Å². The lowest BCUT2D eigenvalue weighted by Crippen LogP contribution is -2.45. The number of hydrogen-bond acceptors (Lipinski definition) is 2. The van der Waals surface area contributed by atoms with E-state index in [9.17, 15) is 4.79 Å². The molecule has 3 rings (SSSR count). The normalized spacial score (nSPS) is 22.1. The van der Waals surface area contributed by atoms with Crippen LogP contribution in [-0.2, 0) is 4.79 Å². The predicted octanol–water partition coefficient (Wildman–Crippen LogP) is 3.14. The highest BCUT2D eigenvalue weighted by molar-refractivity contribution is 5.81.